The van der Waals surface area contributed by atoms with Crippen molar-refractivity contribution in [3.05, 3.63) is 47.1 Å². The molecule has 2 N–H and O–H groups in total. The molecule has 1 aromatic heterocycles. The van der Waals surface area contributed by atoms with Crippen LogP contribution < -0.4 is 5.32 Å². The Morgan fingerprint density at radius 1 is 1.56 bits per heavy atom. The van der Waals surface area contributed by atoms with Crippen LogP contribution in [0.5, 0.6) is 0 Å². The molecule has 0 radical (unpaired) electrons. The molecule has 2 heterocycles. The maximum Gasteiger partial charge on any atom is 0.248 e. The van der Waals surface area contributed by atoms with Crippen molar-refractivity contribution in [1.29, 1.82) is 0 Å². The Morgan fingerprint density at radius 3 is 3.11 bits per heavy atom. The van der Waals surface area contributed by atoms with Crippen LogP contribution in [0.4, 0.5) is 0 Å². The summed E-state index contributed by atoms with van der Waals surface area (Å²) in [5.41, 5.74) is 1.09. The highest BCUT2D eigenvalue weighted by molar-refractivity contribution is 6.31. The molecule has 2 atom stereocenters. The third-order valence-corrected chi connectivity index (χ3v) is 3.70. The van der Waals surface area contributed by atoms with Crippen LogP contribution in [0.1, 0.15) is 12.6 Å². The number of nitrogens with zero attached hydrogens (tertiary/aromatic N) is 1. The molecule has 5 heteroatoms. The standard InChI is InChI=1S/C13H12ClN3O/c1-13-5-8(14)2-3-11(13)17-12(18)10(13)4-9-6-15-7-16-9/h2-7,11H,1H3,(H,15,16)(H,17,18)/b10-4-. The fraction of sp³-hybridized carbons (Fsp3) is 0.231. The molecule has 4 nitrogen and oxygen atoms in total. The van der Waals surface area contributed by atoms with Gasteiger partial charge in [0.25, 0.3) is 0 Å². The van der Waals surface area contributed by atoms with Gasteiger partial charge in [-0.1, -0.05) is 23.8 Å². The number of amides is 1. The summed E-state index contributed by atoms with van der Waals surface area (Å²) in [5.74, 6) is -0.0654. The molecule has 18 heavy (non-hydrogen) atoms. The maximum atomic E-state index is 12.1. The Hall–Kier alpha value is -1.81. The number of rotatable bonds is 1. The van der Waals surface area contributed by atoms with Crippen molar-refractivity contribution in [1.82, 2.24) is 15.3 Å². The summed E-state index contributed by atoms with van der Waals surface area (Å²) in [6, 6.07) is -0.0401. The summed E-state index contributed by atoms with van der Waals surface area (Å²) in [5, 5.41) is 3.60. The van der Waals surface area contributed by atoms with E-state index in [0.717, 1.165) is 5.69 Å². The average Bonchev–Trinajstić information content (AvgIpc) is 2.89. The van der Waals surface area contributed by atoms with E-state index in [9.17, 15) is 4.79 Å². The first-order valence-electron chi connectivity index (χ1n) is 5.67. The van der Waals surface area contributed by atoms with E-state index in [1.807, 2.05) is 31.2 Å². The van der Waals surface area contributed by atoms with E-state index in [1.165, 1.54) is 0 Å². The number of aromatic nitrogens is 2. The number of nitrogens with one attached hydrogen (secondary N) is 2. The van der Waals surface area contributed by atoms with Gasteiger partial charge >= 0.3 is 0 Å². The zero-order valence-electron chi connectivity index (χ0n) is 9.77. The van der Waals surface area contributed by atoms with Gasteiger partial charge in [-0.15, -0.1) is 0 Å². The molecule has 0 bridgehead atoms. The highest BCUT2D eigenvalue weighted by atomic mass is 35.5. The minimum Gasteiger partial charge on any atom is -0.345 e. The number of fused-ring (bicyclic) bond motifs is 1. The number of imidazole rings is 1. The predicted octanol–water partition coefficient (Wildman–Crippen LogP) is 1.99. The van der Waals surface area contributed by atoms with Gasteiger partial charge in [-0.05, 0) is 19.1 Å². The Balaban J connectivity index is 2.09. The summed E-state index contributed by atoms with van der Waals surface area (Å²) < 4.78 is 0. The number of allylic oxidation sites excluding steroid dienone is 2. The van der Waals surface area contributed by atoms with Crippen LogP contribution in [0.15, 0.2) is 41.4 Å². The summed E-state index contributed by atoms with van der Waals surface area (Å²) >= 11 is 6.06. The van der Waals surface area contributed by atoms with Gasteiger partial charge in [0.05, 0.1) is 24.3 Å². The van der Waals surface area contributed by atoms with Crippen LogP contribution in [0.3, 0.4) is 0 Å². The van der Waals surface area contributed by atoms with Crippen LogP contribution in [0, 0.1) is 5.41 Å². The smallest absolute Gasteiger partial charge is 0.248 e. The molecule has 2 aliphatic rings. The first-order valence-corrected chi connectivity index (χ1v) is 6.05. The normalized spacial score (nSPS) is 32.3. The fourth-order valence-electron chi connectivity index (χ4n) is 2.44. The topological polar surface area (TPSA) is 57.8 Å². The van der Waals surface area contributed by atoms with Gasteiger partial charge in [-0.3, -0.25) is 4.79 Å². The molecular weight excluding hydrogens is 250 g/mol. The van der Waals surface area contributed by atoms with Crippen LogP contribution in [0.25, 0.3) is 6.08 Å². The van der Waals surface area contributed by atoms with Crippen LogP contribution in [0.2, 0.25) is 0 Å². The Kier molecular flexibility index (Phi) is 2.41. The number of carbonyl (C=O) groups excluding carboxylic acids is 1. The molecule has 1 saturated heterocycles. The van der Waals surface area contributed by atoms with Crippen molar-refractivity contribution in [3.8, 4) is 0 Å². The molecule has 0 spiro atoms. The average molecular weight is 262 g/mol. The second kappa shape index (κ2) is 3.85. The van der Waals surface area contributed by atoms with Crippen molar-refractivity contribution in [2.75, 3.05) is 0 Å². The highest BCUT2D eigenvalue weighted by Crippen LogP contribution is 2.43. The van der Waals surface area contributed by atoms with Crippen molar-refractivity contribution >= 4 is 23.6 Å². The Morgan fingerprint density at radius 2 is 2.39 bits per heavy atom. The first-order chi connectivity index (χ1) is 8.59. The molecule has 1 fully saturated rings. The zero-order valence-corrected chi connectivity index (χ0v) is 10.5. The molecule has 1 aliphatic carbocycles. The summed E-state index contributed by atoms with van der Waals surface area (Å²) in [7, 11) is 0. The number of carbonyl (C=O) groups is 1. The summed E-state index contributed by atoms with van der Waals surface area (Å²) in [4.78, 5) is 19.0. The lowest BCUT2D eigenvalue weighted by molar-refractivity contribution is -0.116. The van der Waals surface area contributed by atoms with Crippen molar-refractivity contribution in [2.45, 2.75) is 13.0 Å². The molecule has 1 aliphatic heterocycles. The second-order valence-electron chi connectivity index (χ2n) is 4.69. The van der Waals surface area contributed by atoms with E-state index in [2.05, 4.69) is 15.3 Å². The van der Waals surface area contributed by atoms with E-state index in [-0.39, 0.29) is 11.9 Å². The third-order valence-electron chi connectivity index (χ3n) is 3.46. The number of halogens is 1. The maximum absolute atomic E-state index is 12.1. The largest absolute Gasteiger partial charge is 0.345 e. The van der Waals surface area contributed by atoms with Crippen molar-refractivity contribution in [3.63, 3.8) is 0 Å². The van der Waals surface area contributed by atoms with Gasteiger partial charge in [0.1, 0.15) is 0 Å². The Labute approximate surface area is 109 Å². The predicted molar refractivity (Wildman–Crippen MR) is 69.7 cm³/mol. The van der Waals surface area contributed by atoms with Crippen LogP contribution in [-0.2, 0) is 4.79 Å². The van der Waals surface area contributed by atoms with E-state index in [4.69, 9.17) is 11.6 Å². The van der Waals surface area contributed by atoms with E-state index in [0.29, 0.717) is 10.6 Å². The highest BCUT2D eigenvalue weighted by Gasteiger charge is 2.46. The third kappa shape index (κ3) is 1.61. The lowest BCUT2D eigenvalue weighted by atomic mass is 9.76. The zero-order chi connectivity index (χ0) is 12.8. The molecule has 0 aromatic carbocycles. The van der Waals surface area contributed by atoms with E-state index < -0.39 is 5.41 Å². The summed E-state index contributed by atoms with van der Waals surface area (Å²) in [6.45, 7) is 2.00. The van der Waals surface area contributed by atoms with E-state index >= 15 is 0 Å². The minimum absolute atomic E-state index is 0.0401. The monoisotopic (exact) mass is 261 g/mol. The lowest BCUT2D eigenvalue weighted by Gasteiger charge is -2.28. The first kappa shape index (κ1) is 11.3. The molecule has 92 valence electrons. The quantitative estimate of drug-likeness (QED) is 0.760. The van der Waals surface area contributed by atoms with Crippen LogP contribution in [-0.4, -0.2) is 21.9 Å². The van der Waals surface area contributed by atoms with Crippen molar-refractivity contribution in [2.24, 2.45) is 5.41 Å². The number of hydrogen-bond donors (Lipinski definition) is 2. The molecule has 1 aromatic rings. The van der Waals surface area contributed by atoms with Gasteiger partial charge in [-0.25, -0.2) is 4.98 Å². The van der Waals surface area contributed by atoms with Crippen LogP contribution >= 0.6 is 11.6 Å². The Bertz CT molecular complexity index is 585. The minimum atomic E-state index is -0.409. The second-order valence-corrected chi connectivity index (χ2v) is 5.12. The fourth-order valence-corrected chi connectivity index (χ4v) is 2.74. The van der Waals surface area contributed by atoms with E-state index in [1.54, 1.807) is 12.5 Å². The molecule has 1 amide bonds. The number of H-pyrrole nitrogens is 1. The molecule has 3 rings (SSSR count). The SMILES string of the molecule is CC12C=C(Cl)C=CC1NC(=O)/C2=C/c1cnc[nH]1. The number of aromatic amines is 1. The van der Waals surface area contributed by atoms with Gasteiger partial charge in [0.15, 0.2) is 0 Å². The van der Waals surface area contributed by atoms with Crippen molar-refractivity contribution < 1.29 is 4.79 Å². The van der Waals surface area contributed by atoms with Gasteiger partial charge in [0.2, 0.25) is 5.91 Å². The van der Waals surface area contributed by atoms with Gasteiger partial charge in [0, 0.05) is 16.0 Å². The number of hydrogen-bond acceptors (Lipinski definition) is 2. The lowest BCUT2D eigenvalue weighted by Crippen LogP contribution is -2.33. The molecular formula is C13H12ClN3O. The summed E-state index contributed by atoms with van der Waals surface area (Å²) in [6.07, 6.45) is 10.7. The van der Waals surface area contributed by atoms with Gasteiger partial charge in [-0.2, -0.15) is 0 Å². The van der Waals surface area contributed by atoms with Gasteiger partial charge < -0.3 is 10.3 Å². The molecule has 2 unspecified atom stereocenters. The molecule has 0 saturated carbocycles.